The van der Waals surface area contributed by atoms with E-state index >= 15 is 0 Å². The van der Waals surface area contributed by atoms with Crippen LogP contribution >= 0.6 is 23.2 Å². The maximum atomic E-state index is 13.1. The van der Waals surface area contributed by atoms with E-state index in [9.17, 15) is 13.2 Å². The minimum Gasteiger partial charge on any atom is -0.324 e. The highest BCUT2D eigenvalue weighted by Gasteiger charge is 2.32. The van der Waals surface area contributed by atoms with Gasteiger partial charge in [0.15, 0.2) is 0 Å². The van der Waals surface area contributed by atoms with Crippen LogP contribution in [0, 0.1) is 5.92 Å². The number of hydrogen-bond donors (Lipinski definition) is 1. The number of piperidine rings is 1. The van der Waals surface area contributed by atoms with E-state index in [2.05, 4.69) is 5.32 Å². The third-order valence-electron chi connectivity index (χ3n) is 5.99. The van der Waals surface area contributed by atoms with Crippen molar-refractivity contribution in [3.05, 3.63) is 57.6 Å². The van der Waals surface area contributed by atoms with Gasteiger partial charge in [-0.1, -0.05) is 35.3 Å². The first-order valence-corrected chi connectivity index (χ1v) is 12.4. The first kappa shape index (κ1) is 21.6. The molecule has 30 heavy (non-hydrogen) atoms. The molecule has 4 rings (SSSR count). The van der Waals surface area contributed by atoms with Crippen LogP contribution in [0.4, 0.5) is 5.69 Å². The second kappa shape index (κ2) is 8.87. The molecule has 0 bridgehead atoms. The molecule has 0 saturated carbocycles. The van der Waals surface area contributed by atoms with Crippen molar-refractivity contribution in [2.75, 3.05) is 18.4 Å². The molecule has 1 N–H and O–H groups in total. The summed E-state index contributed by atoms with van der Waals surface area (Å²) < 4.78 is 27.7. The van der Waals surface area contributed by atoms with E-state index in [0.717, 1.165) is 31.2 Å². The molecular weight excluding hydrogens is 443 g/mol. The Kier molecular flexibility index (Phi) is 6.39. The number of halogens is 2. The number of hydrogen-bond acceptors (Lipinski definition) is 3. The van der Waals surface area contributed by atoms with Crippen molar-refractivity contribution < 1.29 is 13.2 Å². The number of aryl methyl sites for hydroxylation is 2. The summed E-state index contributed by atoms with van der Waals surface area (Å²) in [6.07, 6.45) is 5.16. The Morgan fingerprint density at radius 2 is 1.70 bits per heavy atom. The molecule has 2 aliphatic rings. The molecule has 8 heteroatoms. The molecule has 5 nitrogen and oxygen atoms in total. The highest BCUT2D eigenvalue weighted by atomic mass is 35.5. The lowest BCUT2D eigenvalue weighted by Crippen LogP contribution is -2.41. The van der Waals surface area contributed by atoms with Crippen molar-refractivity contribution in [1.82, 2.24) is 4.31 Å². The summed E-state index contributed by atoms with van der Waals surface area (Å²) in [7, 11) is -3.55. The third-order valence-corrected chi connectivity index (χ3v) is 8.71. The highest BCUT2D eigenvalue weighted by molar-refractivity contribution is 7.89. The number of carbonyl (C=O) groups excluding carboxylic acids is 1. The molecule has 0 atom stereocenters. The minimum atomic E-state index is -3.55. The molecule has 2 aromatic carbocycles. The van der Waals surface area contributed by atoms with Gasteiger partial charge in [0, 0.05) is 19.0 Å². The fourth-order valence-electron chi connectivity index (χ4n) is 4.21. The van der Waals surface area contributed by atoms with E-state index in [-0.39, 0.29) is 11.8 Å². The SMILES string of the molecule is O=C(Nc1cccc(Cl)c1Cl)C1CCN(S(=O)(=O)c2ccc3c(c2)CCCC3)CC1. The first-order chi connectivity index (χ1) is 14.4. The van der Waals surface area contributed by atoms with Gasteiger partial charge in [-0.25, -0.2) is 8.42 Å². The van der Waals surface area contributed by atoms with Gasteiger partial charge in [-0.15, -0.1) is 0 Å². The molecule has 1 aliphatic heterocycles. The molecule has 0 aromatic heterocycles. The van der Waals surface area contributed by atoms with Gasteiger partial charge in [-0.3, -0.25) is 4.79 Å². The number of sulfonamides is 1. The van der Waals surface area contributed by atoms with Crippen LogP contribution in [0.1, 0.15) is 36.8 Å². The number of fused-ring (bicyclic) bond motifs is 1. The summed E-state index contributed by atoms with van der Waals surface area (Å²) in [4.78, 5) is 13.0. The van der Waals surface area contributed by atoms with Gasteiger partial charge in [0.05, 0.1) is 20.6 Å². The number of anilines is 1. The summed E-state index contributed by atoms with van der Waals surface area (Å²) in [5.41, 5.74) is 2.88. The fraction of sp³-hybridized carbons (Fsp3) is 0.409. The Bertz CT molecular complexity index is 1060. The lowest BCUT2D eigenvalue weighted by molar-refractivity contribution is -0.120. The first-order valence-electron chi connectivity index (χ1n) is 10.2. The van der Waals surface area contributed by atoms with Gasteiger partial charge in [-0.05, 0) is 73.9 Å². The second-order valence-electron chi connectivity index (χ2n) is 7.91. The van der Waals surface area contributed by atoms with Crippen LogP contribution in [0.25, 0.3) is 0 Å². The number of benzene rings is 2. The number of carbonyl (C=O) groups is 1. The largest absolute Gasteiger partial charge is 0.324 e. The number of nitrogens with zero attached hydrogens (tertiary/aromatic N) is 1. The lowest BCUT2D eigenvalue weighted by atomic mass is 9.92. The number of amides is 1. The van der Waals surface area contributed by atoms with E-state index in [1.807, 2.05) is 12.1 Å². The Balaban J connectivity index is 1.41. The standard InChI is InChI=1S/C22H24Cl2N2O3S/c23-19-6-3-7-20(21(19)24)25-22(27)16-10-12-26(13-11-16)30(28,29)18-9-8-15-4-1-2-5-17(15)14-18/h3,6-9,14,16H,1-2,4-5,10-13H2,(H,25,27). The molecule has 1 saturated heterocycles. The predicted octanol–water partition coefficient (Wildman–Crippen LogP) is 4.91. The molecule has 0 radical (unpaired) electrons. The normalized spacial score (nSPS) is 18.1. The predicted molar refractivity (Wildman–Crippen MR) is 120 cm³/mol. The van der Waals surface area contributed by atoms with Crippen LogP contribution in [0.2, 0.25) is 10.0 Å². The van der Waals surface area contributed by atoms with Gasteiger partial charge >= 0.3 is 0 Å². The maximum absolute atomic E-state index is 13.1. The van der Waals surface area contributed by atoms with Crippen LogP contribution in [0.15, 0.2) is 41.3 Å². The molecule has 2 aromatic rings. The average molecular weight is 467 g/mol. The van der Waals surface area contributed by atoms with Gasteiger partial charge in [0.25, 0.3) is 0 Å². The summed E-state index contributed by atoms with van der Waals surface area (Å²) in [5.74, 6) is -0.431. The Labute approximate surface area is 187 Å². The summed E-state index contributed by atoms with van der Waals surface area (Å²) in [6.45, 7) is 0.640. The van der Waals surface area contributed by atoms with E-state index in [1.54, 1.807) is 24.3 Å². The summed E-state index contributed by atoms with van der Waals surface area (Å²) in [5, 5.41) is 3.50. The van der Waals surface area contributed by atoms with E-state index in [0.29, 0.717) is 46.6 Å². The van der Waals surface area contributed by atoms with Gasteiger partial charge in [0.2, 0.25) is 15.9 Å². The van der Waals surface area contributed by atoms with Crippen molar-refractivity contribution in [3.8, 4) is 0 Å². The van der Waals surface area contributed by atoms with Crippen molar-refractivity contribution in [3.63, 3.8) is 0 Å². The highest BCUT2D eigenvalue weighted by Crippen LogP contribution is 2.32. The number of rotatable bonds is 4. The Morgan fingerprint density at radius 1 is 1.00 bits per heavy atom. The van der Waals surface area contributed by atoms with Gasteiger partial charge in [-0.2, -0.15) is 4.31 Å². The van der Waals surface area contributed by atoms with Crippen molar-refractivity contribution in [2.45, 2.75) is 43.4 Å². The van der Waals surface area contributed by atoms with Crippen molar-refractivity contribution in [1.29, 1.82) is 0 Å². The molecule has 0 unspecified atom stereocenters. The maximum Gasteiger partial charge on any atom is 0.243 e. The average Bonchev–Trinajstić information content (AvgIpc) is 2.76. The minimum absolute atomic E-state index is 0.162. The molecule has 1 fully saturated rings. The quantitative estimate of drug-likeness (QED) is 0.695. The van der Waals surface area contributed by atoms with Crippen LogP contribution in [-0.2, 0) is 27.7 Å². The van der Waals surface area contributed by atoms with E-state index in [1.165, 1.54) is 9.87 Å². The lowest BCUT2D eigenvalue weighted by Gasteiger charge is -2.31. The van der Waals surface area contributed by atoms with Gasteiger partial charge in [0.1, 0.15) is 0 Å². The Hall–Kier alpha value is -1.60. The fourth-order valence-corrected chi connectivity index (χ4v) is 6.08. The van der Waals surface area contributed by atoms with Crippen LogP contribution < -0.4 is 5.32 Å². The molecule has 1 aliphatic carbocycles. The molecule has 1 amide bonds. The topological polar surface area (TPSA) is 66.5 Å². The van der Waals surface area contributed by atoms with Crippen LogP contribution in [0.3, 0.4) is 0 Å². The molecule has 1 heterocycles. The van der Waals surface area contributed by atoms with Crippen LogP contribution in [-0.4, -0.2) is 31.7 Å². The second-order valence-corrected chi connectivity index (χ2v) is 10.6. The molecule has 160 valence electrons. The summed E-state index contributed by atoms with van der Waals surface area (Å²) >= 11 is 12.1. The Morgan fingerprint density at radius 3 is 2.43 bits per heavy atom. The van der Waals surface area contributed by atoms with E-state index in [4.69, 9.17) is 23.2 Å². The monoisotopic (exact) mass is 466 g/mol. The zero-order valence-electron chi connectivity index (χ0n) is 16.5. The summed E-state index contributed by atoms with van der Waals surface area (Å²) in [6, 6.07) is 10.6. The molecule has 0 spiro atoms. The smallest absolute Gasteiger partial charge is 0.243 e. The van der Waals surface area contributed by atoms with Gasteiger partial charge < -0.3 is 5.32 Å². The number of nitrogens with one attached hydrogen (secondary N) is 1. The van der Waals surface area contributed by atoms with Crippen molar-refractivity contribution >= 4 is 44.8 Å². The third kappa shape index (κ3) is 4.37. The zero-order valence-corrected chi connectivity index (χ0v) is 18.9. The zero-order chi connectivity index (χ0) is 21.3. The van der Waals surface area contributed by atoms with Crippen LogP contribution in [0.5, 0.6) is 0 Å². The molecular formula is C22H24Cl2N2O3S. The van der Waals surface area contributed by atoms with Crippen molar-refractivity contribution in [2.24, 2.45) is 5.92 Å². The van der Waals surface area contributed by atoms with E-state index < -0.39 is 10.0 Å².